The Bertz CT molecular complexity index is 238. The Morgan fingerprint density at radius 3 is 2.82 bits per heavy atom. The van der Waals surface area contributed by atoms with Crippen molar-refractivity contribution in [1.29, 1.82) is 0 Å². The van der Waals surface area contributed by atoms with Crippen LogP contribution in [0.5, 0.6) is 0 Å². The molecule has 0 N–H and O–H groups in total. The van der Waals surface area contributed by atoms with E-state index in [1.165, 1.54) is 12.3 Å². The molecule has 0 radical (unpaired) electrons. The molecule has 52 valence electrons. The molecule has 11 heavy (non-hydrogen) atoms. The zero-order valence-electron chi connectivity index (χ0n) is 6.11. The van der Waals surface area contributed by atoms with Gasteiger partial charge in [-0.2, -0.15) is 0 Å². The van der Waals surface area contributed by atoms with E-state index in [0.29, 0.717) is 6.26 Å². The summed E-state index contributed by atoms with van der Waals surface area (Å²) >= 11 is 0. The molecule has 3 nitrogen and oxygen atoms in total. The van der Waals surface area contributed by atoms with Crippen LogP contribution in [0.3, 0.4) is 0 Å². The minimum Gasteiger partial charge on any atom is -0.878 e. The minimum atomic E-state index is -0.403. The Kier molecular flexibility index (Phi) is 5.80. The third-order valence-corrected chi connectivity index (χ3v) is 0.983. The van der Waals surface area contributed by atoms with E-state index in [1.807, 2.05) is 0 Å². The van der Waals surface area contributed by atoms with Gasteiger partial charge in [0.1, 0.15) is 0 Å². The average molecular weight is 176 g/mol. The van der Waals surface area contributed by atoms with Crippen LogP contribution >= 0.6 is 0 Å². The maximum atomic E-state index is 10.7. The van der Waals surface area contributed by atoms with Crippen LogP contribution in [0.1, 0.15) is 10.6 Å². The van der Waals surface area contributed by atoms with Gasteiger partial charge in [0.2, 0.25) is 5.78 Å². The summed E-state index contributed by atoms with van der Waals surface area (Å²) in [5.74, 6) is -0.216. The molecule has 0 saturated carbocycles. The number of carbonyl (C=O) groups excluding carboxylic acids is 1. The van der Waals surface area contributed by atoms with Gasteiger partial charge >= 0.3 is 51.4 Å². The van der Waals surface area contributed by atoms with E-state index in [0.717, 1.165) is 6.08 Å². The monoisotopic (exact) mass is 176 g/mol. The first kappa shape index (κ1) is 11.1. The smallest absolute Gasteiger partial charge is 0.878 e. The third-order valence-electron chi connectivity index (χ3n) is 0.983. The fourth-order valence-electron chi connectivity index (χ4n) is 0.563. The average Bonchev–Trinajstić information content (AvgIpc) is 2.38. The molecule has 1 rings (SSSR count). The van der Waals surface area contributed by atoms with Crippen molar-refractivity contribution in [1.82, 2.24) is 0 Å². The predicted octanol–water partition coefficient (Wildman–Crippen LogP) is -2.66. The summed E-state index contributed by atoms with van der Waals surface area (Å²) in [6.45, 7) is 0. The van der Waals surface area contributed by atoms with Gasteiger partial charge in [-0.1, -0.05) is 0 Å². The van der Waals surface area contributed by atoms with Gasteiger partial charge in [-0.05, 0) is 18.2 Å². The van der Waals surface area contributed by atoms with Gasteiger partial charge in [0.05, 0.1) is 6.26 Å². The molecule has 0 amide bonds. The van der Waals surface area contributed by atoms with E-state index in [9.17, 15) is 9.90 Å². The van der Waals surface area contributed by atoms with E-state index in [1.54, 1.807) is 6.07 Å². The van der Waals surface area contributed by atoms with Crippen LogP contribution in [0.2, 0.25) is 0 Å². The molecule has 1 aromatic rings. The van der Waals surface area contributed by atoms with Crippen molar-refractivity contribution in [2.75, 3.05) is 0 Å². The van der Waals surface area contributed by atoms with E-state index in [2.05, 4.69) is 0 Å². The van der Waals surface area contributed by atoms with Crippen molar-refractivity contribution in [3.05, 3.63) is 36.5 Å². The van der Waals surface area contributed by atoms with Gasteiger partial charge in [-0.15, -0.1) is 6.26 Å². The Labute approximate surface area is 107 Å². The van der Waals surface area contributed by atoms with Crippen molar-refractivity contribution in [2.24, 2.45) is 0 Å². The zero-order valence-corrected chi connectivity index (χ0v) is 9.23. The molecule has 4 heteroatoms. The second-order valence-corrected chi connectivity index (χ2v) is 1.64. The van der Waals surface area contributed by atoms with Gasteiger partial charge in [0.25, 0.3) is 0 Å². The summed E-state index contributed by atoms with van der Waals surface area (Å²) in [7, 11) is 0. The number of carbonyl (C=O) groups is 1. The molecule has 0 fully saturated rings. The molecule has 0 unspecified atom stereocenters. The van der Waals surface area contributed by atoms with E-state index in [4.69, 9.17) is 4.42 Å². The van der Waals surface area contributed by atoms with Crippen LogP contribution in [0.4, 0.5) is 0 Å². The van der Waals surface area contributed by atoms with E-state index < -0.39 is 5.78 Å². The number of rotatable bonds is 2. The first-order valence-electron chi connectivity index (χ1n) is 2.71. The number of hydrogen-bond acceptors (Lipinski definition) is 3. The first-order chi connectivity index (χ1) is 4.84. The molecular weight excluding hydrogens is 171 g/mol. The van der Waals surface area contributed by atoms with Gasteiger partial charge in [0, 0.05) is 0 Å². The summed E-state index contributed by atoms with van der Waals surface area (Å²) in [5.41, 5.74) is 0. The molecule has 0 atom stereocenters. The molecule has 1 aromatic heterocycles. The van der Waals surface area contributed by atoms with Crippen LogP contribution in [0.15, 0.2) is 35.2 Å². The Morgan fingerprint density at radius 2 is 2.36 bits per heavy atom. The SMILES string of the molecule is O=C(C=C[O-])c1ccco1.[K+]. The van der Waals surface area contributed by atoms with Crippen LogP contribution in [-0.2, 0) is 0 Å². The van der Waals surface area contributed by atoms with E-state index >= 15 is 0 Å². The zero-order chi connectivity index (χ0) is 7.40. The maximum absolute atomic E-state index is 10.7. The molecular formula is C7H5KO3. The Hall–Kier alpha value is 0.126. The van der Waals surface area contributed by atoms with E-state index in [-0.39, 0.29) is 57.1 Å². The number of ketones is 1. The minimum absolute atomic E-state index is 0. The molecule has 0 bridgehead atoms. The quantitative estimate of drug-likeness (QED) is 0.214. The molecule has 0 aliphatic rings. The second kappa shape index (κ2) is 5.74. The number of allylic oxidation sites excluding steroid dienone is 1. The number of hydrogen-bond donors (Lipinski definition) is 0. The molecule has 0 aliphatic heterocycles. The van der Waals surface area contributed by atoms with Crippen molar-refractivity contribution in [3.63, 3.8) is 0 Å². The summed E-state index contributed by atoms with van der Waals surface area (Å²) in [4.78, 5) is 10.7. The van der Waals surface area contributed by atoms with Crippen LogP contribution in [0, 0.1) is 0 Å². The Balaban J connectivity index is 0.000001000. The maximum Gasteiger partial charge on any atom is 1.00 e. The van der Waals surface area contributed by atoms with Gasteiger partial charge in [0.15, 0.2) is 5.76 Å². The third kappa shape index (κ3) is 3.35. The molecule has 0 spiro atoms. The summed E-state index contributed by atoms with van der Waals surface area (Å²) < 4.78 is 4.71. The first-order valence-corrected chi connectivity index (χ1v) is 2.71. The molecule has 0 aliphatic carbocycles. The molecule has 0 aromatic carbocycles. The largest absolute Gasteiger partial charge is 1.00 e. The normalized spacial score (nSPS) is 9.45. The second-order valence-electron chi connectivity index (χ2n) is 1.64. The van der Waals surface area contributed by atoms with Crippen molar-refractivity contribution >= 4 is 5.78 Å². The number of furan rings is 1. The van der Waals surface area contributed by atoms with Gasteiger partial charge in [-0.3, -0.25) is 4.79 Å². The van der Waals surface area contributed by atoms with Crippen LogP contribution in [-0.4, -0.2) is 5.78 Å². The van der Waals surface area contributed by atoms with Crippen molar-refractivity contribution in [2.45, 2.75) is 0 Å². The molecule has 0 saturated heterocycles. The Morgan fingerprint density at radius 1 is 1.64 bits per heavy atom. The van der Waals surface area contributed by atoms with Crippen molar-refractivity contribution in [3.8, 4) is 0 Å². The van der Waals surface area contributed by atoms with Crippen LogP contribution in [0.25, 0.3) is 0 Å². The predicted molar refractivity (Wildman–Crippen MR) is 32.2 cm³/mol. The molecule has 1 heterocycles. The fourth-order valence-corrected chi connectivity index (χ4v) is 0.563. The summed E-state index contributed by atoms with van der Waals surface area (Å²) in [6, 6.07) is 3.09. The summed E-state index contributed by atoms with van der Waals surface area (Å²) in [6.07, 6.45) is 2.73. The van der Waals surface area contributed by atoms with Gasteiger partial charge < -0.3 is 9.52 Å². The summed E-state index contributed by atoms with van der Waals surface area (Å²) in [5, 5.41) is 9.79. The van der Waals surface area contributed by atoms with Crippen LogP contribution < -0.4 is 56.5 Å². The fraction of sp³-hybridized carbons (Fsp3) is 0. The topological polar surface area (TPSA) is 53.3 Å². The standard InChI is InChI=1S/C7H6O3.K/c8-4-3-6(9)7-2-1-5-10-7;/h1-5,8H;/q;+1/p-1. The van der Waals surface area contributed by atoms with Gasteiger partial charge in [-0.25, -0.2) is 0 Å². The van der Waals surface area contributed by atoms with Crippen molar-refractivity contribution < 1.29 is 65.7 Å².